The predicted molar refractivity (Wildman–Crippen MR) is 349 cm³/mol. The summed E-state index contributed by atoms with van der Waals surface area (Å²) in [7, 11) is -29.5. The van der Waals surface area contributed by atoms with Crippen molar-refractivity contribution in [2.45, 2.75) is 89.0 Å². The molecular weight excluding hydrogens is 1460 g/mol. The summed E-state index contributed by atoms with van der Waals surface area (Å²) in [6, 6.07) is 53.5. The lowest BCUT2D eigenvalue weighted by molar-refractivity contribution is -0.0877. The lowest BCUT2D eigenvalue weighted by atomic mass is 10.2. The van der Waals surface area contributed by atoms with E-state index in [-0.39, 0.29) is 91.5 Å². The van der Waals surface area contributed by atoms with Crippen LogP contribution in [0.2, 0.25) is 0 Å². The SMILES string of the molecule is O=S1(=O)c2ccccc2[C@H]2O[C@H]3c4ccccc4S(=O)(=O)N3CCN21.O=S1(=O)c2ccccc2[C@H]2O[C@H]3c4ccccc4S(=O)(=O)N3CCN21.O=S1(=O)c2ccccc2[C@H]2O[C@H]3c4ccccc4S(=O)(=O)N3CCN21.O=S1(=O)c2ccccc2[C@H]2O[C@H]3c4ccccc4S(=O)(=O)N3CCN21. The molecular formula is C64H56N8O20S8. The molecule has 0 unspecified atom stereocenters. The standard InChI is InChI=1S/4C16H14N2O5S2/c4*19-24(20)13-7-3-1-5-11(13)15-17(24)9-10-18-16(23-15)12-6-2-4-8-14(12)25(18,21)22/h4*1-8,15-16H,9-10H2/t4*15-,16+. The van der Waals surface area contributed by atoms with Gasteiger partial charge in [-0.05, 0) is 48.5 Å². The van der Waals surface area contributed by atoms with Crippen LogP contribution in [0.25, 0.3) is 0 Å². The second-order valence-corrected chi connectivity index (χ2v) is 39.5. The molecule has 0 amide bonds. The molecule has 12 aliphatic rings. The molecule has 0 spiro atoms. The van der Waals surface area contributed by atoms with Gasteiger partial charge in [0, 0.05) is 96.9 Å². The molecule has 36 heteroatoms. The topological polar surface area (TPSA) is 336 Å². The minimum Gasteiger partial charge on any atom is -0.334 e. The van der Waals surface area contributed by atoms with Crippen LogP contribution in [0.1, 0.15) is 94.3 Å². The second kappa shape index (κ2) is 23.2. The van der Waals surface area contributed by atoms with Crippen molar-refractivity contribution >= 4 is 80.2 Å². The van der Waals surface area contributed by atoms with E-state index >= 15 is 0 Å². The van der Waals surface area contributed by atoms with Crippen LogP contribution in [0.15, 0.2) is 233 Å². The maximum Gasteiger partial charge on any atom is 0.246 e. The smallest absolute Gasteiger partial charge is 0.246 e. The van der Waals surface area contributed by atoms with Crippen molar-refractivity contribution in [2.75, 3.05) is 52.4 Å². The minimum absolute atomic E-state index is 0.0470. The third-order valence-corrected chi connectivity index (χ3v) is 34.8. The van der Waals surface area contributed by atoms with Gasteiger partial charge in [-0.15, -0.1) is 0 Å². The van der Waals surface area contributed by atoms with E-state index in [2.05, 4.69) is 0 Å². The molecule has 8 aromatic rings. The molecule has 8 aromatic carbocycles. The first-order chi connectivity index (χ1) is 47.7. The molecule has 12 aliphatic heterocycles. The molecule has 4 fully saturated rings. The second-order valence-electron chi connectivity index (χ2n) is 24.6. The van der Waals surface area contributed by atoms with E-state index in [9.17, 15) is 67.3 Å². The van der Waals surface area contributed by atoms with Crippen molar-refractivity contribution < 1.29 is 86.3 Å². The highest BCUT2D eigenvalue weighted by Crippen LogP contribution is 2.54. The molecule has 12 heterocycles. The van der Waals surface area contributed by atoms with Gasteiger partial charge in [0.25, 0.3) is 0 Å². The number of sulfonamides is 8. The minimum atomic E-state index is -3.69. The molecule has 0 aliphatic carbocycles. The molecule has 0 bridgehead atoms. The molecule has 100 heavy (non-hydrogen) atoms. The van der Waals surface area contributed by atoms with Crippen LogP contribution in [0.5, 0.6) is 0 Å². The maximum atomic E-state index is 12.8. The summed E-state index contributed by atoms with van der Waals surface area (Å²) in [4.78, 5) is 1.80. The van der Waals surface area contributed by atoms with Gasteiger partial charge in [0.1, 0.15) is 0 Å². The van der Waals surface area contributed by atoms with Crippen LogP contribution >= 0.6 is 0 Å². The number of hydrogen-bond acceptors (Lipinski definition) is 20. The van der Waals surface area contributed by atoms with Gasteiger partial charge in [-0.3, -0.25) is 0 Å². The zero-order chi connectivity index (χ0) is 69.6. The Hall–Kier alpha value is -7.12. The Kier molecular flexibility index (Phi) is 15.3. The molecule has 28 nitrogen and oxygen atoms in total. The number of ether oxygens (including phenoxy) is 4. The Morgan fingerprint density at radius 2 is 0.280 bits per heavy atom. The highest BCUT2D eigenvalue weighted by atomic mass is 32.2. The first-order valence-corrected chi connectivity index (χ1v) is 42.7. The highest BCUT2D eigenvalue weighted by Gasteiger charge is 2.57. The van der Waals surface area contributed by atoms with E-state index in [4.69, 9.17) is 18.9 Å². The summed E-state index contributed by atoms with van der Waals surface area (Å²) < 4.78 is 239. The van der Waals surface area contributed by atoms with Crippen LogP contribution in [0.4, 0.5) is 0 Å². The Bertz CT molecular complexity index is 4750. The van der Waals surface area contributed by atoms with E-state index in [0.29, 0.717) is 44.5 Å². The Morgan fingerprint density at radius 1 is 0.180 bits per heavy atom. The van der Waals surface area contributed by atoms with Crippen molar-refractivity contribution in [2.24, 2.45) is 0 Å². The lowest BCUT2D eigenvalue weighted by Crippen LogP contribution is -2.34. The molecule has 520 valence electrons. The fourth-order valence-corrected chi connectivity index (χ4v) is 28.6. The Labute approximate surface area is 576 Å². The maximum absolute atomic E-state index is 12.8. The van der Waals surface area contributed by atoms with Crippen molar-refractivity contribution in [3.8, 4) is 0 Å². The van der Waals surface area contributed by atoms with Crippen molar-refractivity contribution in [1.29, 1.82) is 0 Å². The molecule has 0 aromatic heterocycles. The predicted octanol–water partition coefficient (Wildman–Crippen LogP) is 5.69. The van der Waals surface area contributed by atoms with Crippen LogP contribution < -0.4 is 0 Å². The summed E-state index contributed by atoms with van der Waals surface area (Å²) in [6.45, 7) is 0.376. The fourth-order valence-electron chi connectivity index (χ4n) is 14.9. The van der Waals surface area contributed by atoms with E-state index in [1.807, 2.05) is 0 Å². The summed E-state index contributed by atoms with van der Waals surface area (Å²) in [5.41, 5.74) is 4.38. The highest BCUT2D eigenvalue weighted by molar-refractivity contribution is 7.91. The number of nitrogens with zero attached hydrogens (tertiary/aromatic N) is 8. The molecule has 0 saturated carbocycles. The van der Waals surface area contributed by atoms with Gasteiger partial charge in [0.2, 0.25) is 80.2 Å². The fraction of sp³-hybridized carbons (Fsp3) is 0.250. The van der Waals surface area contributed by atoms with E-state index < -0.39 is 130 Å². The Balaban J connectivity index is 0.0000000997. The van der Waals surface area contributed by atoms with E-state index in [0.717, 1.165) is 0 Å². The average molecular weight is 1510 g/mol. The van der Waals surface area contributed by atoms with E-state index in [1.54, 1.807) is 194 Å². The van der Waals surface area contributed by atoms with Crippen molar-refractivity contribution in [3.05, 3.63) is 239 Å². The monoisotopic (exact) mass is 1510 g/mol. The van der Waals surface area contributed by atoms with Crippen LogP contribution in [-0.2, 0) is 99.1 Å². The summed E-state index contributed by atoms with van der Waals surface area (Å²) in [5, 5.41) is 0. The largest absolute Gasteiger partial charge is 0.334 e. The normalized spacial score (nSPS) is 29.3. The van der Waals surface area contributed by atoms with Crippen LogP contribution in [0, 0.1) is 0 Å². The van der Waals surface area contributed by atoms with Gasteiger partial charge in [-0.1, -0.05) is 146 Å². The third-order valence-electron chi connectivity index (χ3n) is 19.5. The van der Waals surface area contributed by atoms with Gasteiger partial charge in [-0.25, -0.2) is 67.3 Å². The summed E-state index contributed by atoms with van der Waals surface area (Å²) in [6.07, 6.45) is -6.57. The number of benzene rings is 8. The number of hydrogen-bond donors (Lipinski definition) is 0. The van der Waals surface area contributed by atoms with Gasteiger partial charge >= 0.3 is 0 Å². The van der Waals surface area contributed by atoms with Gasteiger partial charge in [-0.2, -0.15) is 34.4 Å². The quantitative estimate of drug-likeness (QED) is 0.176. The van der Waals surface area contributed by atoms with Gasteiger partial charge in [0.05, 0.1) is 39.2 Å². The first kappa shape index (κ1) is 66.1. The zero-order valence-corrected chi connectivity index (χ0v) is 58.3. The van der Waals surface area contributed by atoms with Crippen LogP contribution in [0.3, 0.4) is 0 Å². The number of rotatable bonds is 0. The molecule has 0 radical (unpaired) electrons. The number of fused-ring (bicyclic) bond motifs is 24. The molecule has 20 rings (SSSR count). The average Bonchev–Trinajstić information content (AvgIpc) is 1.57. The summed E-state index contributed by atoms with van der Waals surface area (Å²) in [5.74, 6) is 0. The van der Waals surface area contributed by atoms with Crippen molar-refractivity contribution in [1.82, 2.24) is 34.4 Å². The molecule has 0 N–H and O–H groups in total. The van der Waals surface area contributed by atoms with Crippen LogP contribution in [-0.4, -0.2) is 154 Å². The first-order valence-electron chi connectivity index (χ1n) is 31.2. The van der Waals surface area contributed by atoms with Gasteiger partial charge in [0.15, 0.2) is 49.8 Å². The third kappa shape index (κ3) is 9.58. The molecule has 4 saturated heterocycles. The van der Waals surface area contributed by atoms with Crippen molar-refractivity contribution in [3.63, 3.8) is 0 Å². The Morgan fingerprint density at radius 3 is 0.390 bits per heavy atom. The van der Waals surface area contributed by atoms with E-state index in [1.165, 1.54) is 34.4 Å². The zero-order valence-electron chi connectivity index (χ0n) is 51.8. The summed E-state index contributed by atoms with van der Waals surface area (Å²) >= 11 is 0. The van der Waals surface area contributed by atoms with Gasteiger partial charge < -0.3 is 18.9 Å². The lowest BCUT2D eigenvalue weighted by Gasteiger charge is -2.23. The molecule has 8 atom stereocenters.